The fraction of sp³-hybridized carbons (Fsp3) is 0. The van der Waals surface area contributed by atoms with Crippen LogP contribution in [0.2, 0.25) is 0 Å². The van der Waals surface area contributed by atoms with E-state index < -0.39 is 0 Å². The number of anilines is 3. The van der Waals surface area contributed by atoms with Crippen molar-refractivity contribution in [3.05, 3.63) is 78.9 Å². The van der Waals surface area contributed by atoms with Gasteiger partial charge in [-0.05, 0) is 52.4 Å². The first-order valence-electron chi connectivity index (χ1n) is 8.16. The van der Waals surface area contributed by atoms with Crippen molar-refractivity contribution in [1.82, 2.24) is 0 Å². The zero-order valence-electron chi connectivity index (χ0n) is 13.7. The fourth-order valence-electron chi connectivity index (χ4n) is 3.23. The first kappa shape index (κ1) is 15.1. The van der Waals surface area contributed by atoms with E-state index in [2.05, 4.69) is 18.2 Å². The van der Waals surface area contributed by atoms with E-state index in [9.17, 15) is 0 Å². The normalized spacial score (nSPS) is 10.9. The minimum absolute atomic E-state index is 0.733. The van der Waals surface area contributed by atoms with E-state index >= 15 is 0 Å². The van der Waals surface area contributed by atoms with Gasteiger partial charge in [0.1, 0.15) is 0 Å². The van der Waals surface area contributed by atoms with E-state index in [-0.39, 0.29) is 0 Å². The summed E-state index contributed by atoms with van der Waals surface area (Å²) in [7, 11) is 0. The van der Waals surface area contributed by atoms with Crippen molar-refractivity contribution in [1.29, 1.82) is 0 Å². The molecule has 0 fully saturated rings. The minimum Gasteiger partial charge on any atom is -0.399 e. The van der Waals surface area contributed by atoms with Gasteiger partial charge < -0.3 is 17.2 Å². The Hall–Kier alpha value is -3.46. The molecule has 0 bridgehead atoms. The van der Waals surface area contributed by atoms with E-state index in [1.807, 2.05) is 60.7 Å². The number of fused-ring (bicyclic) bond motifs is 1. The van der Waals surface area contributed by atoms with Crippen molar-refractivity contribution in [3.8, 4) is 22.3 Å². The molecule has 0 amide bonds. The van der Waals surface area contributed by atoms with Crippen LogP contribution in [0.5, 0.6) is 0 Å². The zero-order chi connectivity index (χ0) is 17.4. The van der Waals surface area contributed by atoms with Gasteiger partial charge in [0.15, 0.2) is 0 Å². The number of nitrogen functional groups attached to an aromatic ring is 3. The summed E-state index contributed by atoms with van der Waals surface area (Å²) in [5.41, 5.74) is 24.8. The molecule has 0 saturated heterocycles. The summed E-state index contributed by atoms with van der Waals surface area (Å²) in [6.45, 7) is 0. The number of hydrogen-bond donors (Lipinski definition) is 3. The molecule has 4 aromatic carbocycles. The van der Waals surface area contributed by atoms with Crippen LogP contribution in [0, 0.1) is 0 Å². The molecule has 6 N–H and O–H groups in total. The molecule has 0 aliphatic heterocycles. The molecule has 0 unspecified atom stereocenters. The smallest absolute Gasteiger partial charge is 0.0479 e. The minimum atomic E-state index is 0.733. The average Bonchev–Trinajstić information content (AvgIpc) is 2.63. The molecule has 0 aliphatic rings. The Balaban J connectivity index is 2.07. The van der Waals surface area contributed by atoms with Gasteiger partial charge in [0.25, 0.3) is 0 Å². The SMILES string of the molecule is Nc1ccc(-c2cc3ccccc3c(N)c2-c2ccc(N)cc2)cc1. The monoisotopic (exact) mass is 325 g/mol. The van der Waals surface area contributed by atoms with Crippen molar-refractivity contribution in [2.75, 3.05) is 17.2 Å². The summed E-state index contributed by atoms with van der Waals surface area (Å²) in [6, 6.07) is 26.0. The van der Waals surface area contributed by atoms with Crippen LogP contribution in [0.1, 0.15) is 0 Å². The molecule has 25 heavy (non-hydrogen) atoms. The van der Waals surface area contributed by atoms with E-state index in [1.165, 1.54) is 0 Å². The van der Waals surface area contributed by atoms with Gasteiger partial charge in [0.2, 0.25) is 0 Å². The lowest BCUT2D eigenvalue weighted by atomic mass is 9.89. The van der Waals surface area contributed by atoms with Crippen LogP contribution in [-0.2, 0) is 0 Å². The van der Waals surface area contributed by atoms with Crippen molar-refractivity contribution in [2.24, 2.45) is 0 Å². The molecule has 0 atom stereocenters. The first-order valence-corrected chi connectivity index (χ1v) is 8.16. The second-order valence-corrected chi connectivity index (χ2v) is 6.18. The fourth-order valence-corrected chi connectivity index (χ4v) is 3.23. The molecule has 3 heteroatoms. The second-order valence-electron chi connectivity index (χ2n) is 6.18. The predicted molar refractivity (Wildman–Crippen MR) is 108 cm³/mol. The molecule has 122 valence electrons. The lowest BCUT2D eigenvalue weighted by molar-refractivity contribution is 1.59. The molecule has 4 rings (SSSR count). The highest BCUT2D eigenvalue weighted by atomic mass is 14.6. The standard InChI is InChI=1S/C22H19N3/c23-17-9-5-14(6-10-17)20-13-16-3-1-2-4-19(16)22(25)21(20)15-7-11-18(24)12-8-15/h1-13H,23-25H2. The second kappa shape index (κ2) is 5.87. The highest BCUT2D eigenvalue weighted by Crippen LogP contribution is 2.41. The third-order valence-corrected chi connectivity index (χ3v) is 4.51. The number of rotatable bonds is 2. The molecule has 0 heterocycles. The van der Waals surface area contributed by atoms with Crippen molar-refractivity contribution in [3.63, 3.8) is 0 Å². The molecule has 0 aromatic heterocycles. The van der Waals surface area contributed by atoms with Gasteiger partial charge in [0.05, 0.1) is 0 Å². The quantitative estimate of drug-likeness (QED) is 0.458. The molecule has 0 spiro atoms. The molecule has 0 aliphatic carbocycles. The van der Waals surface area contributed by atoms with Gasteiger partial charge in [-0.2, -0.15) is 0 Å². The van der Waals surface area contributed by atoms with E-state index in [0.29, 0.717) is 0 Å². The van der Waals surface area contributed by atoms with Crippen LogP contribution < -0.4 is 17.2 Å². The maximum absolute atomic E-state index is 6.60. The number of hydrogen-bond acceptors (Lipinski definition) is 3. The van der Waals surface area contributed by atoms with Gasteiger partial charge in [0, 0.05) is 28.0 Å². The lowest BCUT2D eigenvalue weighted by Crippen LogP contribution is -1.96. The van der Waals surface area contributed by atoms with Crippen LogP contribution in [0.3, 0.4) is 0 Å². The topological polar surface area (TPSA) is 78.1 Å². The maximum atomic E-state index is 6.60. The van der Waals surface area contributed by atoms with Crippen LogP contribution in [0.25, 0.3) is 33.0 Å². The summed E-state index contributed by atoms with van der Waals surface area (Å²) in [4.78, 5) is 0. The zero-order valence-corrected chi connectivity index (χ0v) is 13.7. The lowest BCUT2D eigenvalue weighted by Gasteiger charge is -2.16. The highest BCUT2D eigenvalue weighted by Gasteiger charge is 2.14. The summed E-state index contributed by atoms with van der Waals surface area (Å²) in [6.07, 6.45) is 0. The van der Waals surface area contributed by atoms with Crippen LogP contribution in [-0.4, -0.2) is 0 Å². The summed E-state index contributed by atoms with van der Waals surface area (Å²) in [5.74, 6) is 0. The Kier molecular flexibility index (Phi) is 3.55. The van der Waals surface area contributed by atoms with E-state index in [1.54, 1.807) is 0 Å². The number of nitrogens with two attached hydrogens (primary N) is 3. The van der Waals surface area contributed by atoms with Crippen LogP contribution in [0.4, 0.5) is 17.1 Å². The summed E-state index contributed by atoms with van der Waals surface area (Å²) < 4.78 is 0. The first-order chi connectivity index (χ1) is 12.1. The largest absolute Gasteiger partial charge is 0.399 e. The molecular weight excluding hydrogens is 306 g/mol. The van der Waals surface area contributed by atoms with Gasteiger partial charge in [-0.1, -0.05) is 48.5 Å². The summed E-state index contributed by atoms with van der Waals surface area (Å²) >= 11 is 0. The third kappa shape index (κ3) is 2.66. The maximum Gasteiger partial charge on any atom is 0.0479 e. The molecule has 0 radical (unpaired) electrons. The average molecular weight is 325 g/mol. The van der Waals surface area contributed by atoms with Gasteiger partial charge in [-0.25, -0.2) is 0 Å². The molecule has 0 saturated carbocycles. The Labute approximate surface area is 146 Å². The Morgan fingerprint density at radius 2 is 1.12 bits per heavy atom. The van der Waals surface area contributed by atoms with E-state index in [4.69, 9.17) is 17.2 Å². The number of benzene rings is 4. The van der Waals surface area contributed by atoms with Gasteiger partial charge in [-0.15, -0.1) is 0 Å². The third-order valence-electron chi connectivity index (χ3n) is 4.51. The van der Waals surface area contributed by atoms with Crippen molar-refractivity contribution < 1.29 is 0 Å². The van der Waals surface area contributed by atoms with Crippen molar-refractivity contribution >= 4 is 27.8 Å². The summed E-state index contributed by atoms with van der Waals surface area (Å²) in [5, 5.41) is 2.17. The van der Waals surface area contributed by atoms with Crippen LogP contribution in [0.15, 0.2) is 78.9 Å². The van der Waals surface area contributed by atoms with Gasteiger partial charge in [-0.3, -0.25) is 0 Å². The highest BCUT2D eigenvalue weighted by molar-refractivity contribution is 6.07. The van der Waals surface area contributed by atoms with E-state index in [0.717, 1.165) is 50.1 Å². The predicted octanol–water partition coefficient (Wildman–Crippen LogP) is 4.92. The molecular formula is C22H19N3. The Morgan fingerprint density at radius 3 is 1.76 bits per heavy atom. The Morgan fingerprint density at radius 1 is 0.560 bits per heavy atom. The Bertz CT molecular complexity index is 1050. The molecule has 3 nitrogen and oxygen atoms in total. The van der Waals surface area contributed by atoms with Crippen molar-refractivity contribution in [2.45, 2.75) is 0 Å². The van der Waals surface area contributed by atoms with Gasteiger partial charge >= 0.3 is 0 Å². The van der Waals surface area contributed by atoms with Crippen LogP contribution >= 0.6 is 0 Å². The molecule has 4 aromatic rings.